The van der Waals surface area contributed by atoms with E-state index >= 15 is 0 Å². The van der Waals surface area contributed by atoms with E-state index < -0.39 is 0 Å². The molecule has 1 atom stereocenters. The quantitative estimate of drug-likeness (QED) is 0.236. The van der Waals surface area contributed by atoms with Gasteiger partial charge in [0.1, 0.15) is 5.84 Å². The molecule has 1 aromatic rings. The molecule has 0 aliphatic heterocycles. The lowest BCUT2D eigenvalue weighted by molar-refractivity contribution is 0.304. The van der Waals surface area contributed by atoms with Gasteiger partial charge < -0.3 is 16.3 Å². The van der Waals surface area contributed by atoms with Crippen LogP contribution in [0.15, 0.2) is 29.4 Å². The maximum absolute atomic E-state index is 8.74. The average Bonchev–Trinajstić information content (AvgIpc) is 2.42. The molecule has 0 aromatic heterocycles. The smallest absolute Gasteiger partial charge is 0.144 e. The second-order valence-corrected chi connectivity index (χ2v) is 6.01. The largest absolute Gasteiger partial charge is 0.409 e. The van der Waals surface area contributed by atoms with Gasteiger partial charge >= 0.3 is 0 Å². The molecule has 4 nitrogen and oxygen atoms in total. The lowest BCUT2D eigenvalue weighted by Crippen LogP contribution is -2.33. The number of hydrogen-bond donors (Lipinski definition) is 3. The Morgan fingerprint density at radius 1 is 1.40 bits per heavy atom. The third-order valence-corrected chi connectivity index (χ3v) is 3.89. The van der Waals surface area contributed by atoms with Gasteiger partial charge in [0, 0.05) is 11.5 Å². The van der Waals surface area contributed by atoms with Crippen LogP contribution in [0.2, 0.25) is 0 Å². The van der Waals surface area contributed by atoms with E-state index in [0.717, 1.165) is 19.4 Å². The molecule has 1 rings (SSSR count). The fourth-order valence-corrected chi connectivity index (χ4v) is 2.29. The molecule has 1 aromatic carbocycles. The van der Waals surface area contributed by atoms with Crippen LogP contribution in [0, 0.1) is 12.3 Å². The van der Waals surface area contributed by atoms with Gasteiger partial charge in [-0.15, -0.1) is 0 Å². The summed E-state index contributed by atoms with van der Waals surface area (Å²) in [5.74, 6) is 0.296. The summed E-state index contributed by atoms with van der Waals surface area (Å²) in [5.41, 5.74) is 8.07. The molecule has 112 valence electrons. The van der Waals surface area contributed by atoms with Gasteiger partial charge in [-0.05, 0) is 44.4 Å². The molecule has 0 fully saturated rings. The monoisotopic (exact) mass is 277 g/mol. The van der Waals surface area contributed by atoms with Crippen molar-refractivity contribution in [3.8, 4) is 0 Å². The van der Waals surface area contributed by atoms with Crippen LogP contribution in [0.5, 0.6) is 0 Å². The molecule has 0 bridgehead atoms. The summed E-state index contributed by atoms with van der Waals surface area (Å²) in [4.78, 5) is 0. The molecule has 0 aliphatic carbocycles. The first kappa shape index (κ1) is 16.5. The zero-order chi connectivity index (χ0) is 15.2. The van der Waals surface area contributed by atoms with Crippen LogP contribution >= 0.6 is 0 Å². The van der Waals surface area contributed by atoms with E-state index in [2.05, 4.69) is 48.6 Å². The first-order valence-electron chi connectivity index (χ1n) is 7.15. The highest BCUT2D eigenvalue weighted by molar-refractivity contribution is 5.85. The molecule has 0 radical (unpaired) electrons. The topological polar surface area (TPSA) is 70.6 Å². The molecule has 4 N–H and O–H groups in total. The standard InChI is InChI=1S/C16H27N3O/c1-12-8-5-6-9-14(12)13(2)18-11-7-10-16(3,4)15(17)19-20/h5-6,8-9,13,18,20H,7,10-11H2,1-4H3,(H2,17,19). The molecule has 0 saturated heterocycles. The number of oxime groups is 1. The minimum atomic E-state index is -0.262. The SMILES string of the molecule is Cc1ccccc1C(C)NCCCC(C)(C)C(N)=NO. The Hall–Kier alpha value is -1.55. The van der Waals surface area contributed by atoms with E-state index in [-0.39, 0.29) is 5.41 Å². The van der Waals surface area contributed by atoms with Gasteiger partial charge in [0.15, 0.2) is 0 Å². The highest BCUT2D eigenvalue weighted by Crippen LogP contribution is 2.22. The van der Waals surface area contributed by atoms with Crippen LogP contribution in [0.1, 0.15) is 50.8 Å². The summed E-state index contributed by atoms with van der Waals surface area (Å²) in [6.45, 7) is 9.21. The summed E-state index contributed by atoms with van der Waals surface area (Å²) >= 11 is 0. The van der Waals surface area contributed by atoms with Gasteiger partial charge in [-0.25, -0.2) is 0 Å². The van der Waals surface area contributed by atoms with Crippen LogP contribution in [0.25, 0.3) is 0 Å². The third kappa shape index (κ3) is 4.53. The fourth-order valence-electron chi connectivity index (χ4n) is 2.29. The number of hydrogen-bond acceptors (Lipinski definition) is 3. The molecule has 0 spiro atoms. The molecule has 0 amide bonds. The van der Waals surface area contributed by atoms with Crippen LogP contribution < -0.4 is 11.1 Å². The zero-order valence-corrected chi connectivity index (χ0v) is 13.0. The van der Waals surface area contributed by atoms with Crippen LogP contribution in [0.4, 0.5) is 0 Å². The van der Waals surface area contributed by atoms with Gasteiger partial charge in [-0.2, -0.15) is 0 Å². The number of benzene rings is 1. The number of nitrogens with two attached hydrogens (primary N) is 1. The van der Waals surface area contributed by atoms with Crippen molar-refractivity contribution < 1.29 is 5.21 Å². The predicted molar refractivity (Wildman–Crippen MR) is 84.0 cm³/mol. The van der Waals surface area contributed by atoms with E-state index in [1.165, 1.54) is 11.1 Å². The van der Waals surface area contributed by atoms with Crippen LogP contribution in [-0.2, 0) is 0 Å². The first-order chi connectivity index (χ1) is 9.38. The summed E-state index contributed by atoms with van der Waals surface area (Å²) in [6.07, 6.45) is 1.87. The summed E-state index contributed by atoms with van der Waals surface area (Å²) in [6, 6.07) is 8.76. The van der Waals surface area contributed by atoms with Crippen molar-refractivity contribution in [2.45, 2.75) is 46.6 Å². The molecule has 0 aliphatic rings. The molecule has 0 heterocycles. The van der Waals surface area contributed by atoms with Crippen LogP contribution in [0.3, 0.4) is 0 Å². The minimum absolute atomic E-state index is 0.262. The maximum atomic E-state index is 8.74. The predicted octanol–water partition coefficient (Wildman–Crippen LogP) is 3.20. The lowest BCUT2D eigenvalue weighted by Gasteiger charge is -2.23. The van der Waals surface area contributed by atoms with Gasteiger partial charge in [0.2, 0.25) is 0 Å². The second-order valence-electron chi connectivity index (χ2n) is 6.01. The van der Waals surface area contributed by atoms with E-state index in [9.17, 15) is 0 Å². The van der Waals surface area contributed by atoms with E-state index in [1.54, 1.807) is 0 Å². The van der Waals surface area contributed by atoms with E-state index in [1.807, 2.05) is 13.8 Å². The van der Waals surface area contributed by atoms with Crippen molar-refractivity contribution >= 4 is 5.84 Å². The van der Waals surface area contributed by atoms with Crippen molar-refractivity contribution in [3.05, 3.63) is 35.4 Å². The molecular weight excluding hydrogens is 250 g/mol. The summed E-state index contributed by atoms with van der Waals surface area (Å²) in [5, 5.41) is 15.4. The number of rotatable bonds is 7. The Kier molecular flexibility index (Phi) is 6.02. The van der Waals surface area contributed by atoms with Gasteiger partial charge in [0.25, 0.3) is 0 Å². The highest BCUT2D eigenvalue weighted by Gasteiger charge is 2.22. The van der Waals surface area contributed by atoms with Crippen molar-refractivity contribution in [2.75, 3.05) is 6.54 Å². The fraction of sp³-hybridized carbons (Fsp3) is 0.562. The van der Waals surface area contributed by atoms with E-state index in [4.69, 9.17) is 10.9 Å². The third-order valence-electron chi connectivity index (χ3n) is 3.89. The van der Waals surface area contributed by atoms with E-state index in [0.29, 0.717) is 11.9 Å². The van der Waals surface area contributed by atoms with Crippen molar-refractivity contribution in [1.29, 1.82) is 0 Å². The molecule has 0 saturated carbocycles. The molecule has 20 heavy (non-hydrogen) atoms. The van der Waals surface area contributed by atoms with Crippen molar-refractivity contribution in [1.82, 2.24) is 5.32 Å². The Morgan fingerprint density at radius 2 is 2.05 bits per heavy atom. The van der Waals surface area contributed by atoms with Crippen LogP contribution in [-0.4, -0.2) is 17.6 Å². The lowest BCUT2D eigenvalue weighted by atomic mass is 9.86. The zero-order valence-electron chi connectivity index (χ0n) is 13.0. The number of nitrogens with one attached hydrogen (secondary N) is 1. The van der Waals surface area contributed by atoms with Gasteiger partial charge in [0.05, 0.1) is 0 Å². The summed E-state index contributed by atoms with van der Waals surface area (Å²) < 4.78 is 0. The first-order valence-corrected chi connectivity index (χ1v) is 7.15. The van der Waals surface area contributed by atoms with Gasteiger partial charge in [-0.1, -0.05) is 43.3 Å². The Morgan fingerprint density at radius 3 is 2.65 bits per heavy atom. The Bertz CT molecular complexity index is 455. The van der Waals surface area contributed by atoms with Crippen molar-refractivity contribution in [3.63, 3.8) is 0 Å². The number of nitrogens with zero attached hydrogens (tertiary/aromatic N) is 1. The van der Waals surface area contributed by atoms with Crippen molar-refractivity contribution in [2.24, 2.45) is 16.3 Å². The number of amidine groups is 1. The molecule has 1 unspecified atom stereocenters. The highest BCUT2D eigenvalue weighted by atomic mass is 16.4. The summed E-state index contributed by atoms with van der Waals surface area (Å²) in [7, 11) is 0. The minimum Gasteiger partial charge on any atom is -0.409 e. The number of aryl methyl sites for hydroxylation is 1. The Balaban J connectivity index is 2.40. The normalized spacial score (nSPS) is 14.3. The Labute approximate surface area is 122 Å². The average molecular weight is 277 g/mol. The maximum Gasteiger partial charge on any atom is 0.144 e. The molecule has 4 heteroatoms. The molecular formula is C16H27N3O. The second kappa shape index (κ2) is 7.29. The van der Waals surface area contributed by atoms with Gasteiger partial charge in [-0.3, -0.25) is 0 Å².